The van der Waals surface area contributed by atoms with Gasteiger partial charge in [0.25, 0.3) is 0 Å². The van der Waals surface area contributed by atoms with Crippen molar-refractivity contribution in [3.63, 3.8) is 0 Å². The molecule has 0 aliphatic carbocycles. The number of aromatic carboxylic acids is 1. The van der Waals surface area contributed by atoms with Crippen LogP contribution >= 0.6 is 0 Å². The fourth-order valence-corrected chi connectivity index (χ4v) is 1.70. The number of carbonyl (C=O) groups excluding carboxylic acids is 1. The third-order valence-corrected chi connectivity index (χ3v) is 2.69. The van der Waals surface area contributed by atoms with Gasteiger partial charge in [0.05, 0.1) is 5.69 Å². The number of carboxylic acids is 1. The summed E-state index contributed by atoms with van der Waals surface area (Å²) in [7, 11) is 0. The van der Waals surface area contributed by atoms with E-state index in [-0.39, 0.29) is 24.0 Å². The summed E-state index contributed by atoms with van der Waals surface area (Å²) in [4.78, 5) is 28.4. The number of hydrogen-bond donors (Lipinski definition) is 3. The third kappa shape index (κ3) is 4.20. The Hall–Kier alpha value is -2.15. The molecule has 1 rings (SSSR count). The van der Waals surface area contributed by atoms with E-state index in [1.54, 1.807) is 6.07 Å². The molecular weight excluding hydrogens is 262 g/mol. The second-order valence-electron chi connectivity index (χ2n) is 4.50. The molecule has 0 saturated carbocycles. The summed E-state index contributed by atoms with van der Waals surface area (Å²) in [5.74, 6) is -1.20. The number of nitrogens with one attached hydrogen (secondary N) is 1. The summed E-state index contributed by atoms with van der Waals surface area (Å²) in [6.45, 7) is 4.07. The number of pyridine rings is 1. The highest BCUT2D eigenvalue weighted by atomic mass is 16.4. The SMILES string of the molecule is CC(C)N(CCCO)C(=O)Nc1cccnc1C(=O)O. The topological polar surface area (TPSA) is 103 Å². The summed E-state index contributed by atoms with van der Waals surface area (Å²) in [6, 6.07) is 2.56. The van der Waals surface area contributed by atoms with Gasteiger partial charge in [-0.05, 0) is 32.4 Å². The number of nitrogens with zero attached hydrogens (tertiary/aromatic N) is 2. The minimum Gasteiger partial charge on any atom is -0.476 e. The maximum Gasteiger partial charge on any atom is 0.356 e. The van der Waals surface area contributed by atoms with Crippen molar-refractivity contribution in [2.45, 2.75) is 26.3 Å². The van der Waals surface area contributed by atoms with Gasteiger partial charge in [-0.1, -0.05) is 0 Å². The van der Waals surface area contributed by atoms with Gasteiger partial charge in [0.1, 0.15) is 0 Å². The van der Waals surface area contributed by atoms with E-state index in [0.717, 1.165) is 0 Å². The molecule has 0 aliphatic heterocycles. The van der Waals surface area contributed by atoms with Crippen molar-refractivity contribution in [2.75, 3.05) is 18.5 Å². The van der Waals surface area contributed by atoms with E-state index >= 15 is 0 Å². The fraction of sp³-hybridized carbons (Fsp3) is 0.462. The largest absolute Gasteiger partial charge is 0.476 e. The number of aliphatic hydroxyl groups is 1. The van der Waals surface area contributed by atoms with Crippen LogP contribution in [0.25, 0.3) is 0 Å². The average Bonchev–Trinajstić information content (AvgIpc) is 2.39. The van der Waals surface area contributed by atoms with Crippen LogP contribution in [-0.2, 0) is 0 Å². The van der Waals surface area contributed by atoms with Crippen LogP contribution in [0.15, 0.2) is 18.3 Å². The van der Waals surface area contributed by atoms with Crippen molar-refractivity contribution in [3.8, 4) is 0 Å². The van der Waals surface area contributed by atoms with E-state index in [9.17, 15) is 9.59 Å². The fourth-order valence-electron chi connectivity index (χ4n) is 1.70. The molecule has 20 heavy (non-hydrogen) atoms. The highest BCUT2D eigenvalue weighted by molar-refractivity contribution is 5.98. The van der Waals surface area contributed by atoms with Gasteiger partial charge >= 0.3 is 12.0 Å². The molecule has 0 saturated heterocycles. The first kappa shape index (κ1) is 15.9. The van der Waals surface area contributed by atoms with Gasteiger partial charge in [0.2, 0.25) is 0 Å². The maximum atomic E-state index is 12.1. The first-order valence-corrected chi connectivity index (χ1v) is 6.34. The van der Waals surface area contributed by atoms with Crippen LogP contribution in [0.3, 0.4) is 0 Å². The number of carbonyl (C=O) groups is 2. The smallest absolute Gasteiger partial charge is 0.356 e. The predicted octanol–water partition coefficient (Wildman–Crippen LogP) is 1.40. The zero-order valence-electron chi connectivity index (χ0n) is 11.5. The van der Waals surface area contributed by atoms with Crippen LogP contribution in [0.4, 0.5) is 10.5 Å². The molecule has 0 atom stereocenters. The Kier molecular flexibility index (Phi) is 5.92. The lowest BCUT2D eigenvalue weighted by molar-refractivity contribution is 0.0691. The molecule has 0 fully saturated rings. The molecule has 0 radical (unpaired) electrons. The number of urea groups is 1. The second kappa shape index (κ2) is 7.44. The van der Waals surface area contributed by atoms with Gasteiger partial charge in [-0.2, -0.15) is 0 Å². The Bertz CT molecular complexity index is 476. The van der Waals surface area contributed by atoms with Crippen LogP contribution in [-0.4, -0.2) is 51.3 Å². The molecule has 0 aromatic carbocycles. The molecule has 0 aliphatic rings. The molecule has 1 aromatic rings. The summed E-state index contributed by atoms with van der Waals surface area (Å²) in [5.41, 5.74) is -0.0497. The monoisotopic (exact) mass is 281 g/mol. The van der Waals surface area contributed by atoms with E-state index in [4.69, 9.17) is 10.2 Å². The predicted molar refractivity (Wildman–Crippen MR) is 73.8 cm³/mol. The van der Waals surface area contributed by atoms with Crippen molar-refractivity contribution in [2.24, 2.45) is 0 Å². The first-order valence-electron chi connectivity index (χ1n) is 6.34. The summed E-state index contributed by atoms with van der Waals surface area (Å²) in [6.07, 6.45) is 1.81. The molecule has 0 bridgehead atoms. The molecule has 110 valence electrons. The summed E-state index contributed by atoms with van der Waals surface area (Å²) < 4.78 is 0. The van der Waals surface area contributed by atoms with Gasteiger partial charge in [-0.15, -0.1) is 0 Å². The number of aromatic nitrogens is 1. The number of carboxylic acid groups (broad SMARTS) is 1. The molecule has 1 aromatic heterocycles. The van der Waals surface area contributed by atoms with E-state index < -0.39 is 12.0 Å². The molecule has 0 spiro atoms. The number of amides is 2. The van der Waals surface area contributed by atoms with Crippen LogP contribution in [0.1, 0.15) is 30.8 Å². The molecule has 2 amide bonds. The van der Waals surface area contributed by atoms with Gasteiger partial charge in [-0.3, -0.25) is 0 Å². The van der Waals surface area contributed by atoms with E-state index in [1.807, 2.05) is 13.8 Å². The number of aliphatic hydroxyl groups excluding tert-OH is 1. The highest BCUT2D eigenvalue weighted by Gasteiger charge is 2.19. The Labute approximate surface area is 117 Å². The lowest BCUT2D eigenvalue weighted by Crippen LogP contribution is -2.41. The zero-order valence-corrected chi connectivity index (χ0v) is 11.5. The number of hydrogen-bond acceptors (Lipinski definition) is 4. The lowest BCUT2D eigenvalue weighted by atomic mass is 10.2. The molecule has 7 heteroatoms. The lowest BCUT2D eigenvalue weighted by Gasteiger charge is -2.26. The van der Waals surface area contributed by atoms with Gasteiger partial charge in [-0.25, -0.2) is 14.6 Å². The molecule has 3 N–H and O–H groups in total. The molecular formula is C13H19N3O4. The van der Waals surface area contributed by atoms with Crippen molar-refractivity contribution < 1.29 is 19.8 Å². The number of rotatable bonds is 6. The van der Waals surface area contributed by atoms with Crippen molar-refractivity contribution in [3.05, 3.63) is 24.0 Å². The first-order chi connectivity index (χ1) is 9.47. The maximum absolute atomic E-state index is 12.1. The van der Waals surface area contributed by atoms with Crippen LogP contribution in [0, 0.1) is 0 Å². The van der Waals surface area contributed by atoms with Gasteiger partial charge < -0.3 is 20.4 Å². The second-order valence-corrected chi connectivity index (χ2v) is 4.50. The zero-order chi connectivity index (χ0) is 15.1. The third-order valence-electron chi connectivity index (χ3n) is 2.69. The summed E-state index contributed by atoms with van der Waals surface area (Å²) >= 11 is 0. The van der Waals surface area contributed by atoms with E-state index in [0.29, 0.717) is 13.0 Å². The summed E-state index contributed by atoms with van der Waals surface area (Å²) in [5, 5.41) is 20.4. The van der Waals surface area contributed by atoms with E-state index in [1.165, 1.54) is 17.2 Å². The molecule has 1 heterocycles. The highest BCUT2D eigenvalue weighted by Crippen LogP contribution is 2.14. The Balaban J connectivity index is 2.85. The normalized spacial score (nSPS) is 10.4. The Morgan fingerprint density at radius 2 is 2.15 bits per heavy atom. The van der Waals surface area contributed by atoms with Crippen LogP contribution < -0.4 is 5.32 Å². The van der Waals surface area contributed by atoms with Crippen LogP contribution in [0.2, 0.25) is 0 Å². The molecule has 0 unspecified atom stereocenters. The van der Waals surface area contributed by atoms with E-state index in [2.05, 4.69) is 10.3 Å². The van der Waals surface area contributed by atoms with Gasteiger partial charge in [0, 0.05) is 25.4 Å². The quantitative estimate of drug-likeness (QED) is 0.731. The van der Waals surface area contributed by atoms with Crippen LogP contribution in [0.5, 0.6) is 0 Å². The molecule has 7 nitrogen and oxygen atoms in total. The Morgan fingerprint density at radius 1 is 1.45 bits per heavy atom. The Morgan fingerprint density at radius 3 is 2.70 bits per heavy atom. The van der Waals surface area contributed by atoms with Gasteiger partial charge in [0.15, 0.2) is 5.69 Å². The van der Waals surface area contributed by atoms with Crippen molar-refractivity contribution >= 4 is 17.7 Å². The minimum atomic E-state index is -1.20. The number of anilines is 1. The average molecular weight is 281 g/mol. The van der Waals surface area contributed by atoms with Crippen molar-refractivity contribution in [1.82, 2.24) is 9.88 Å². The minimum absolute atomic E-state index is 0.0102. The standard InChI is InChI=1S/C13H19N3O4/c1-9(2)16(7-4-8-17)13(20)15-10-5-3-6-14-11(10)12(18)19/h3,5-6,9,17H,4,7-8H2,1-2H3,(H,15,20)(H,18,19). The van der Waals surface area contributed by atoms with Crippen molar-refractivity contribution in [1.29, 1.82) is 0 Å².